The molecule has 0 N–H and O–H groups in total. The lowest BCUT2D eigenvalue weighted by Crippen LogP contribution is -2.49. The van der Waals surface area contributed by atoms with Crippen molar-refractivity contribution < 1.29 is 19.0 Å². The van der Waals surface area contributed by atoms with E-state index >= 15 is 0 Å². The molecule has 0 saturated carbocycles. The summed E-state index contributed by atoms with van der Waals surface area (Å²) in [6.45, 7) is 2.01. The van der Waals surface area contributed by atoms with E-state index in [0.29, 0.717) is 22.8 Å². The van der Waals surface area contributed by atoms with Crippen molar-refractivity contribution in [3.63, 3.8) is 0 Å². The minimum absolute atomic E-state index is 0.357. The van der Waals surface area contributed by atoms with Crippen LogP contribution >= 0.6 is 0 Å². The topological polar surface area (TPSA) is 73.5 Å². The summed E-state index contributed by atoms with van der Waals surface area (Å²) in [7, 11) is 3.26. The summed E-state index contributed by atoms with van der Waals surface area (Å²) in [5.41, 5.74) is 2.90. The Bertz CT molecular complexity index is 1580. The van der Waals surface area contributed by atoms with E-state index in [4.69, 9.17) is 14.2 Å². The van der Waals surface area contributed by atoms with E-state index in [9.17, 15) is 10.1 Å². The van der Waals surface area contributed by atoms with Gasteiger partial charge in [-0.15, -0.1) is 0 Å². The number of aryl methyl sites for hydroxylation is 2. The van der Waals surface area contributed by atoms with E-state index in [-0.39, 0.29) is 0 Å². The first-order valence-electron chi connectivity index (χ1n) is 11.8. The number of para-hydroxylation sites is 1. The zero-order valence-electron chi connectivity index (χ0n) is 20.2. The second-order valence-electron chi connectivity index (χ2n) is 9.23. The summed E-state index contributed by atoms with van der Waals surface area (Å²) >= 11 is 0. The quantitative estimate of drug-likeness (QED) is 0.362. The molecule has 3 atom stereocenters. The molecule has 0 saturated heterocycles. The molecule has 6 heteroatoms. The van der Waals surface area contributed by atoms with Gasteiger partial charge in [-0.25, -0.2) is 4.79 Å². The fraction of sp³-hybridized carbons (Fsp3) is 0.200. The fourth-order valence-electron chi connectivity index (χ4n) is 5.61. The Kier molecular flexibility index (Phi) is 4.90. The van der Waals surface area contributed by atoms with Crippen molar-refractivity contribution in [3.8, 4) is 11.9 Å². The minimum atomic E-state index is -1.60. The lowest BCUT2D eigenvalue weighted by atomic mass is 9.72. The van der Waals surface area contributed by atoms with Gasteiger partial charge < -0.3 is 18.8 Å². The van der Waals surface area contributed by atoms with Crippen LogP contribution in [0.1, 0.15) is 28.4 Å². The summed E-state index contributed by atoms with van der Waals surface area (Å²) in [6.07, 6.45) is -0.656. The van der Waals surface area contributed by atoms with Crippen LogP contribution in [0.3, 0.4) is 0 Å². The van der Waals surface area contributed by atoms with Crippen LogP contribution in [0.5, 0.6) is 5.88 Å². The Labute approximate surface area is 208 Å². The van der Waals surface area contributed by atoms with Gasteiger partial charge in [-0.1, -0.05) is 78.4 Å². The number of carbonyl (C=O) groups is 1. The maximum Gasteiger partial charge on any atom is 0.356 e. The molecular formula is C30H24N2O4. The molecule has 3 heterocycles. The van der Waals surface area contributed by atoms with Gasteiger partial charge in [-0.3, -0.25) is 0 Å². The summed E-state index contributed by atoms with van der Waals surface area (Å²) in [4.78, 5) is 13.9. The van der Waals surface area contributed by atoms with Crippen molar-refractivity contribution in [3.05, 3.63) is 107 Å². The van der Waals surface area contributed by atoms with E-state index in [1.807, 2.05) is 97.4 Å². The highest BCUT2D eigenvalue weighted by atomic mass is 16.6. The number of hydrogen-bond acceptors (Lipinski definition) is 5. The molecule has 4 aromatic rings. The number of carbonyl (C=O) groups excluding carboxylic acids is 1. The molecule has 2 aliphatic heterocycles. The molecule has 36 heavy (non-hydrogen) atoms. The number of hydrogen-bond donors (Lipinski definition) is 0. The van der Waals surface area contributed by atoms with Gasteiger partial charge in [0, 0.05) is 18.0 Å². The maximum absolute atomic E-state index is 13.9. The van der Waals surface area contributed by atoms with Gasteiger partial charge in [0.05, 0.1) is 35.8 Å². The predicted octanol–water partition coefficient (Wildman–Crippen LogP) is 5.57. The molecule has 6 rings (SSSR count). The number of aromatic nitrogens is 1. The molecule has 2 aliphatic rings. The predicted molar refractivity (Wildman–Crippen MR) is 135 cm³/mol. The maximum atomic E-state index is 13.9. The summed E-state index contributed by atoms with van der Waals surface area (Å²) < 4.78 is 20.8. The van der Waals surface area contributed by atoms with E-state index in [1.54, 1.807) is 0 Å². The molecule has 3 aromatic carbocycles. The lowest BCUT2D eigenvalue weighted by molar-refractivity contribution is -0.171. The van der Waals surface area contributed by atoms with Crippen molar-refractivity contribution >= 4 is 22.6 Å². The third kappa shape index (κ3) is 2.86. The first-order chi connectivity index (χ1) is 17.5. The number of fused-ring (bicyclic) bond motifs is 5. The number of ether oxygens (including phenoxy) is 3. The van der Waals surface area contributed by atoms with Crippen LogP contribution in [0.2, 0.25) is 0 Å². The van der Waals surface area contributed by atoms with Crippen molar-refractivity contribution in [2.24, 2.45) is 13.0 Å². The molecule has 0 fully saturated rings. The van der Waals surface area contributed by atoms with Crippen molar-refractivity contribution in [2.75, 3.05) is 7.11 Å². The molecule has 6 nitrogen and oxygen atoms in total. The lowest BCUT2D eigenvalue weighted by Gasteiger charge is -2.41. The van der Waals surface area contributed by atoms with Crippen molar-refractivity contribution in [1.82, 2.24) is 4.57 Å². The summed E-state index contributed by atoms with van der Waals surface area (Å²) in [5, 5.41) is 11.3. The smallest absolute Gasteiger partial charge is 0.356 e. The zero-order valence-corrected chi connectivity index (χ0v) is 20.2. The number of rotatable bonds is 3. The highest BCUT2D eigenvalue weighted by Crippen LogP contribution is 2.62. The fourth-order valence-corrected chi connectivity index (χ4v) is 5.61. The highest BCUT2D eigenvalue weighted by molar-refractivity contribution is 5.98. The van der Waals surface area contributed by atoms with Gasteiger partial charge in [-0.05, 0) is 18.6 Å². The zero-order chi connectivity index (χ0) is 25.0. The first kappa shape index (κ1) is 22.0. The van der Waals surface area contributed by atoms with E-state index in [1.165, 1.54) is 7.11 Å². The first-order valence-corrected chi connectivity index (χ1v) is 11.8. The summed E-state index contributed by atoms with van der Waals surface area (Å²) in [6, 6.07) is 27.5. The van der Waals surface area contributed by atoms with Gasteiger partial charge in [0.15, 0.2) is 0 Å². The standard InChI is InChI=1S/C30H24N2O4/c1-18-13-15-20(16-14-18)27-24-22(17-31)26(19-9-5-4-6-10-19)36-30(24,29(33)34-3)25-21-11-7-8-12-23(21)32(2)28(25)35-27/h4-16,24,27H,1-3H3/t24-,27-,30-/m1/s1. The molecule has 0 unspecified atom stereocenters. The van der Waals surface area contributed by atoms with Gasteiger partial charge in [0.1, 0.15) is 11.9 Å². The Hall–Kier alpha value is -4.50. The average molecular weight is 477 g/mol. The van der Waals surface area contributed by atoms with Crippen LogP contribution in [-0.2, 0) is 26.9 Å². The minimum Gasteiger partial charge on any atom is -0.469 e. The molecule has 0 aliphatic carbocycles. The number of benzene rings is 3. The Morgan fingerprint density at radius 3 is 2.42 bits per heavy atom. The molecule has 0 bridgehead atoms. The van der Waals surface area contributed by atoms with Crippen LogP contribution in [0.4, 0.5) is 0 Å². The number of nitrogens with zero attached hydrogens (tertiary/aromatic N) is 2. The second kappa shape index (κ2) is 8.03. The molecule has 0 radical (unpaired) electrons. The van der Waals surface area contributed by atoms with Crippen LogP contribution in [-0.4, -0.2) is 17.6 Å². The van der Waals surface area contributed by atoms with Gasteiger partial charge in [-0.2, -0.15) is 5.26 Å². The van der Waals surface area contributed by atoms with Gasteiger partial charge >= 0.3 is 5.97 Å². The van der Waals surface area contributed by atoms with Crippen LogP contribution in [0, 0.1) is 24.2 Å². The third-order valence-corrected chi connectivity index (χ3v) is 7.27. The van der Waals surface area contributed by atoms with Crippen molar-refractivity contribution in [2.45, 2.75) is 18.6 Å². The number of esters is 1. The molecule has 0 amide bonds. The van der Waals surface area contributed by atoms with Gasteiger partial charge in [0.2, 0.25) is 11.5 Å². The molecule has 0 spiro atoms. The molecule has 1 aromatic heterocycles. The van der Waals surface area contributed by atoms with Crippen molar-refractivity contribution in [1.29, 1.82) is 5.26 Å². The summed E-state index contributed by atoms with van der Waals surface area (Å²) in [5.74, 6) is -0.430. The Morgan fingerprint density at radius 2 is 1.72 bits per heavy atom. The third-order valence-electron chi connectivity index (χ3n) is 7.27. The Balaban J connectivity index is 1.72. The second-order valence-corrected chi connectivity index (χ2v) is 9.23. The van der Waals surface area contributed by atoms with Gasteiger partial charge in [0.25, 0.3) is 0 Å². The number of nitriles is 1. The Morgan fingerprint density at radius 1 is 1.03 bits per heavy atom. The van der Waals surface area contributed by atoms with Crippen LogP contribution in [0.25, 0.3) is 16.7 Å². The number of methoxy groups -OCH3 is 1. The average Bonchev–Trinajstić information content (AvgIpc) is 3.42. The van der Waals surface area contributed by atoms with Crippen LogP contribution in [0.15, 0.2) is 84.4 Å². The normalized spacial score (nSPS) is 22.3. The van der Waals surface area contributed by atoms with E-state index < -0.39 is 23.6 Å². The molecular weight excluding hydrogens is 452 g/mol. The monoisotopic (exact) mass is 476 g/mol. The van der Waals surface area contributed by atoms with Crippen LogP contribution < -0.4 is 4.74 Å². The van der Waals surface area contributed by atoms with E-state index in [0.717, 1.165) is 27.6 Å². The van der Waals surface area contributed by atoms with E-state index in [2.05, 4.69) is 6.07 Å². The highest BCUT2D eigenvalue weighted by Gasteiger charge is 2.66. The SMILES string of the molecule is COC(=O)[C@@]12OC(c3ccccc3)=C(C#N)[C@@H]1[C@@H](c1ccc(C)cc1)Oc1c2c2ccccc2n1C. The molecule has 178 valence electrons. The largest absolute Gasteiger partial charge is 0.469 e.